The Labute approximate surface area is 89.2 Å². The summed E-state index contributed by atoms with van der Waals surface area (Å²) in [6, 6.07) is 0. The fraction of sp³-hybridized carbons (Fsp3) is 0.909. The van der Waals surface area contributed by atoms with E-state index in [9.17, 15) is 15.0 Å². The fourth-order valence-electron chi connectivity index (χ4n) is 3.19. The first-order valence-electron chi connectivity index (χ1n) is 5.35. The second kappa shape index (κ2) is 2.95. The van der Waals surface area contributed by atoms with Gasteiger partial charge in [-0.15, -0.1) is 0 Å². The number of hydrogen-bond acceptors (Lipinski definition) is 3. The van der Waals surface area contributed by atoms with Gasteiger partial charge >= 0.3 is 5.97 Å². The molecule has 1 saturated heterocycles. The van der Waals surface area contributed by atoms with Crippen LogP contribution in [0.15, 0.2) is 0 Å². The van der Waals surface area contributed by atoms with Gasteiger partial charge in [-0.2, -0.15) is 0 Å². The zero-order valence-corrected chi connectivity index (χ0v) is 9.25. The lowest BCUT2D eigenvalue weighted by Crippen LogP contribution is -2.63. The second-order valence-electron chi connectivity index (χ2n) is 5.74. The minimum atomic E-state index is -1.16. The predicted molar refractivity (Wildman–Crippen MR) is 53.5 cm³/mol. The zero-order valence-electron chi connectivity index (χ0n) is 9.25. The van der Waals surface area contributed by atoms with E-state index in [-0.39, 0.29) is 12.0 Å². The third-order valence-electron chi connectivity index (χ3n) is 3.86. The van der Waals surface area contributed by atoms with Gasteiger partial charge in [0, 0.05) is 13.0 Å². The van der Waals surface area contributed by atoms with Crippen molar-refractivity contribution in [3.8, 4) is 0 Å². The summed E-state index contributed by atoms with van der Waals surface area (Å²) in [5, 5.41) is 19.7. The maximum atomic E-state index is 11.4. The molecule has 1 aliphatic heterocycles. The number of carboxylic acids is 1. The van der Waals surface area contributed by atoms with Crippen molar-refractivity contribution in [2.24, 2.45) is 10.8 Å². The van der Waals surface area contributed by atoms with Crippen LogP contribution in [0.1, 0.15) is 33.1 Å². The van der Waals surface area contributed by atoms with Crippen LogP contribution in [0.4, 0.5) is 0 Å². The first-order chi connectivity index (χ1) is 6.81. The van der Waals surface area contributed by atoms with Crippen LogP contribution in [0, 0.1) is 10.8 Å². The summed E-state index contributed by atoms with van der Waals surface area (Å²) in [4.78, 5) is 11.4. The number of carbonyl (C=O) groups is 1. The number of aliphatic carboxylic acids is 1. The van der Waals surface area contributed by atoms with Crippen LogP contribution in [-0.4, -0.2) is 35.0 Å². The van der Waals surface area contributed by atoms with Crippen LogP contribution in [0.3, 0.4) is 0 Å². The van der Waals surface area contributed by atoms with Gasteiger partial charge in [0.15, 0.2) is 0 Å². The average molecular weight is 214 g/mol. The molecule has 0 amide bonds. The molecule has 1 atom stereocenters. The lowest BCUT2D eigenvalue weighted by atomic mass is 9.48. The minimum absolute atomic E-state index is 0.0245. The van der Waals surface area contributed by atoms with E-state index < -0.39 is 17.0 Å². The highest BCUT2D eigenvalue weighted by atomic mass is 16.5. The van der Waals surface area contributed by atoms with E-state index in [1.807, 2.05) is 13.8 Å². The zero-order chi connectivity index (χ0) is 11.3. The fourth-order valence-corrected chi connectivity index (χ4v) is 3.19. The molecule has 2 fully saturated rings. The monoisotopic (exact) mass is 214 g/mol. The van der Waals surface area contributed by atoms with E-state index in [2.05, 4.69) is 0 Å². The highest BCUT2D eigenvalue weighted by Crippen LogP contribution is 2.61. The molecule has 0 aromatic rings. The van der Waals surface area contributed by atoms with Crippen LogP contribution in [-0.2, 0) is 9.53 Å². The molecule has 0 aromatic carbocycles. The first kappa shape index (κ1) is 10.9. The maximum absolute atomic E-state index is 11.4. The molecule has 1 saturated carbocycles. The third kappa shape index (κ3) is 1.39. The molecule has 0 radical (unpaired) electrons. The van der Waals surface area contributed by atoms with Crippen molar-refractivity contribution in [2.45, 2.75) is 38.7 Å². The Balaban J connectivity index is 2.26. The normalized spacial score (nSPS) is 37.3. The van der Waals surface area contributed by atoms with E-state index in [1.165, 1.54) is 0 Å². The summed E-state index contributed by atoms with van der Waals surface area (Å²) in [6.45, 7) is 4.70. The van der Waals surface area contributed by atoms with Crippen LogP contribution in [0.2, 0.25) is 0 Å². The van der Waals surface area contributed by atoms with E-state index >= 15 is 0 Å². The SMILES string of the molecule is CC1(C)CC(C(=O)O)(C2(O)CCOC2)C1. The molecule has 15 heavy (non-hydrogen) atoms. The van der Waals surface area contributed by atoms with E-state index in [1.54, 1.807) is 0 Å². The van der Waals surface area contributed by atoms with Gasteiger partial charge in [0.1, 0.15) is 5.60 Å². The molecule has 0 aromatic heterocycles. The first-order valence-corrected chi connectivity index (χ1v) is 5.35. The molecule has 4 nitrogen and oxygen atoms in total. The molecule has 1 aliphatic carbocycles. The van der Waals surface area contributed by atoms with Crippen molar-refractivity contribution < 1.29 is 19.7 Å². The molecule has 2 aliphatic rings. The van der Waals surface area contributed by atoms with Crippen LogP contribution >= 0.6 is 0 Å². The van der Waals surface area contributed by atoms with Gasteiger partial charge in [-0.05, 0) is 18.3 Å². The Hall–Kier alpha value is -0.610. The molecule has 86 valence electrons. The average Bonchev–Trinajstić information content (AvgIpc) is 2.48. The van der Waals surface area contributed by atoms with Gasteiger partial charge in [-0.25, -0.2) is 0 Å². The van der Waals surface area contributed by atoms with Gasteiger partial charge in [0.2, 0.25) is 0 Å². The van der Waals surface area contributed by atoms with Crippen molar-refractivity contribution in [2.75, 3.05) is 13.2 Å². The molecule has 1 heterocycles. The summed E-state index contributed by atoms with van der Waals surface area (Å²) in [5.41, 5.74) is -2.11. The molecule has 2 N–H and O–H groups in total. The van der Waals surface area contributed by atoms with Gasteiger partial charge in [0.05, 0.1) is 12.0 Å². The van der Waals surface area contributed by atoms with Crippen molar-refractivity contribution in [3.63, 3.8) is 0 Å². The topological polar surface area (TPSA) is 66.8 Å². The third-order valence-corrected chi connectivity index (χ3v) is 3.86. The quantitative estimate of drug-likeness (QED) is 0.720. The standard InChI is InChI=1S/C11H18O4/c1-9(2)5-10(6-9,8(12)13)11(14)3-4-15-7-11/h14H,3-7H2,1-2H3,(H,12,13). The highest BCUT2D eigenvalue weighted by Gasteiger charge is 2.66. The lowest BCUT2D eigenvalue weighted by Gasteiger charge is -2.56. The Morgan fingerprint density at radius 3 is 2.27 bits per heavy atom. The van der Waals surface area contributed by atoms with Gasteiger partial charge in [0.25, 0.3) is 0 Å². The summed E-state index contributed by atoms with van der Waals surface area (Å²) in [7, 11) is 0. The molecule has 0 bridgehead atoms. The molecule has 0 spiro atoms. The van der Waals surface area contributed by atoms with Crippen molar-refractivity contribution in [1.29, 1.82) is 0 Å². The predicted octanol–water partition coefficient (Wildman–Crippen LogP) is 1.03. The largest absolute Gasteiger partial charge is 0.481 e. The van der Waals surface area contributed by atoms with Crippen LogP contribution in [0.25, 0.3) is 0 Å². The summed E-state index contributed by atoms with van der Waals surface area (Å²) < 4.78 is 5.15. The maximum Gasteiger partial charge on any atom is 0.312 e. The Morgan fingerprint density at radius 2 is 1.93 bits per heavy atom. The summed E-state index contributed by atoms with van der Waals surface area (Å²) in [6.07, 6.45) is 1.51. The molecule has 1 unspecified atom stereocenters. The minimum Gasteiger partial charge on any atom is -0.481 e. The number of ether oxygens (including phenoxy) is 1. The highest BCUT2D eigenvalue weighted by molar-refractivity contribution is 5.78. The van der Waals surface area contributed by atoms with E-state index in [4.69, 9.17) is 4.74 Å². The number of rotatable bonds is 2. The molecule has 2 rings (SSSR count). The Morgan fingerprint density at radius 1 is 1.33 bits per heavy atom. The second-order valence-corrected chi connectivity index (χ2v) is 5.74. The smallest absolute Gasteiger partial charge is 0.312 e. The van der Waals surface area contributed by atoms with Gasteiger partial charge < -0.3 is 14.9 Å². The number of hydrogen-bond donors (Lipinski definition) is 2. The van der Waals surface area contributed by atoms with Gasteiger partial charge in [-0.1, -0.05) is 13.8 Å². The van der Waals surface area contributed by atoms with Crippen molar-refractivity contribution in [1.82, 2.24) is 0 Å². The Bertz CT molecular complexity index is 281. The van der Waals surface area contributed by atoms with Crippen LogP contribution in [0.5, 0.6) is 0 Å². The van der Waals surface area contributed by atoms with Crippen molar-refractivity contribution >= 4 is 5.97 Å². The summed E-state index contributed by atoms with van der Waals surface area (Å²) >= 11 is 0. The van der Waals surface area contributed by atoms with E-state index in [0.29, 0.717) is 25.9 Å². The van der Waals surface area contributed by atoms with Crippen molar-refractivity contribution in [3.05, 3.63) is 0 Å². The van der Waals surface area contributed by atoms with Gasteiger partial charge in [-0.3, -0.25) is 4.79 Å². The van der Waals surface area contributed by atoms with E-state index in [0.717, 1.165) is 0 Å². The molecule has 4 heteroatoms. The number of aliphatic hydroxyl groups is 1. The summed E-state index contributed by atoms with van der Waals surface area (Å²) in [5.74, 6) is -0.880. The molecular formula is C11H18O4. The lowest BCUT2D eigenvalue weighted by molar-refractivity contribution is -0.204. The Kier molecular flexibility index (Phi) is 2.14. The van der Waals surface area contributed by atoms with Crippen LogP contribution < -0.4 is 0 Å². The number of carboxylic acid groups (broad SMARTS) is 1. The molecular weight excluding hydrogens is 196 g/mol.